The zero-order valence-electron chi connectivity index (χ0n) is 16.4. The molecule has 0 spiro atoms. The van der Waals surface area contributed by atoms with Crippen molar-refractivity contribution in [2.75, 3.05) is 19.7 Å². The monoisotopic (exact) mass is 370 g/mol. The van der Waals surface area contributed by atoms with E-state index in [4.69, 9.17) is 4.74 Å². The molecule has 1 unspecified atom stereocenters. The molecule has 0 fully saturated rings. The molecule has 0 aliphatic rings. The molecule has 1 aromatic carbocycles. The smallest absolute Gasteiger partial charge is 0.191 e. The van der Waals surface area contributed by atoms with Crippen LogP contribution in [0.3, 0.4) is 0 Å². The highest BCUT2D eigenvalue weighted by Gasteiger charge is 2.09. The molecule has 1 heterocycles. The highest BCUT2D eigenvalue weighted by atomic mass is 16.5. The van der Waals surface area contributed by atoms with Crippen LogP contribution < -0.4 is 15.4 Å². The minimum atomic E-state index is -0.625. The maximum absolute atomic E-state index is 10.3. The van der Waals surface area contributed by atoms with Crippen LogP contribution in [-0.2, 0) is 6.54 Å². The van der Waals surface area contributed by atoms with E-state index in [2.05, 4.69) is 46.6 Å². The molecular formula is C21H30N4O2. The first-order valence-corrected chi connectivity index (χ1v) is 9.46. The van der Waals surface area contributed by atoms with Crippen molar-refractivity contribution < 1.29 is 9.84 Å². The van der Waals surface area contributed by atoms with E-state index >= 15 is 0 Å². The van der Waals surface area contributed by atoms with Crippen LogP contribution in [0.5, 0.6) is 5.75 Å². The number of ether oxygens (including phenoxy) is 1. The number of aliphatic hydroxyl groups excluding tert-OH is 1. The Balaban J connectivity index is 2.02. The average Bonchev–Trinajstić information content (AvgIpc) is 2.69. The van der Waals surface area contributed by atoms with Gasteiger partial charge in [-0.3, -0.25) is 4.98 Å². The van der Waals surface area contributed by atoms with E-state index in [-0.39, 0.29) is 0 Å². The minimum Gasteiger partial charge on any atom is -0.493 e. The zero-order valence-corrected chi connectivity index (χ0v) is 16.4. The lowest BCUT2D eigenvalue weighted by Gasteiger charge is -2.16. The summed E-state index contributed by atoms with van der Waals surface area (Å²) < 4.78 is 5.86. The van der Waals surface area contributed by atoms with E-state index in [1.54, 1.807) is 24.5 Å². The van der Waals surface area contributed by atoms with Gasteiger partial charge in [-0.15, -0.1) is 0 Å². The maximum atomic E-state index is 10.3. The molecule has 3 N–H and O–H groups in total. The van der Waals surface area contributed by atoms with Crippen LogP contribution in [-0.4, -0.2) is 35.7 Å². The Morgan fingerprint density at radius 1 is 1.19 bits per heavy atom. The predicted molar refractivity (Wildman–Crippen MR) is 109 cm³/mol. The van der Waals surface area contributed by atoms with Crippen LogP contribution in [0.1, 0.15) is 43.1 Å². The van der Waals surface area contributed by atoms with Gasteiger partial charge in [-0.25, -0.2) is 4.99 Å². The number of guanidine groups is 1. The third-order valence-corrected chi connectivity index (χ3v) is 3.99. The molecule has 27 heavy (non-hydrogen) atoms. The van der Waals surface area contributed by atoms with Crippen molar-refractivity contribution >= 4 is 5.96 Å². The average molecular weight is 370 g/mol. The fourth-order valence-corrected chi connectivity index (χ4v) is 2.54. The summed E-state index contributed by atoms with van der Waals surface area (Å²) in [6.45, 7) is 8.45. The van der Waals surface area contributed by atoms with Crippen molar-refractivity contribution in [3.05, 3.63) is 59.4 Å². The molecule has 0 bridgehead atoms. The van der Waals surface area contributed by atoms with Gasteiger partial charge in [0.1, 0.15) is 5.75 Å². The van der Waals surface area contributed by atoms with E-state index in [0.29, 0.717) is 25.7 Å². The summed E-state index contributed by atoms with van der Waals surface area (Å²) in [5, 5.41) is 16.7. The van der Waals surface area contributed by atoms with Crippen molar-refractivity contribution in [1.29, 1.82) is 0 Å². The summed E-state index contributed by atoms with van der Waals surface area (Å²) in [4.78, 5) is 8.61. The Morgan fingerprint density at radius 3 is 2.67 bits per heavy atom. The van der Waals surface area contributed by atoms with E-state index < -0.39 is 6.10 Å². The Hall–Kier alpha value is -2.60. The van der Waals surface area contributed by atoms with Gasteiger partial charge in [0.2, 0.25) is 0 Å². The molecule has 1 atom stereocenters. The number of hydrogen-bond acceptors (Lipinski definition) is 4. The Kier molecular flexibility index (Phi) is 8.58. The standard InChI is InChI=1S/C21H30N4O2/c1-4-12-27-20-13-16(3)6-7-18(20)14-24-21(23-5-2)25-15-19(26)17-8-10-22-11-9-17/h6-11,13,19,26H,4-5,12,14-15H2,1-3H3,(H2,23,24,25). The van der Waals surface area contributed by atoms with Gasteiger partial charge in [0.15, 0.2) is 5.96 Å². The van der Waals surface area contributed by atoms with Crippen molar-refractivity contribution in [3.63, 3.8) is 0 Å². The van der Waals surface area contributed by atoms with Crippen molar-refractivity contribution in [3.8, 4) is 5.75 Å². The van der Waals surface area contributed by atoms with Gasteiger partial charge in [0, 0.05) is 31.0 Å². The Bertz CT molecular complexity index is 719. The summed E-state index contributed by atoms with van der Waals surface area (Å²) >= 11 is 0. The third kappa shape index (κ3) is 6.90. The van der Waals surface area contributed by atoms with E-state index in [1.807, 2.05) is 13.0 Å². The molecule has 146 valence electrons. The lowest BCUT2D eigenvalue weighted by atomic mass is 10.1. The molecule has 0 saturated heterocycles. The fraction of sp³-hybridized carbons (Fsp3) is 0.429. The number of aromatic nitrogens is 1. The summed E-state index contributed by atoms with van der Waals surface area (Å²) in [5.41, 5.74) is 3.03. The minimum absolute atomic E-state index is 0.364. The van der Waals surface area contributed by atoms with Crippen LogP contribution in [0.4, 0.5) is 0 Å². The summed E-state index contributed by atoms with van der Waals surface area (Å²) in [6.07, 6.45) is 3.69. The number of aliphatic hydroxyl groups is 1. The van der Waals surface area contributed by atoms with Crippen LogP contribution >= 0.6 is 0 Å². The number of benzene rings is 1. The second kappa shape index (κ2) is 11.2. The summed E-state index contributed by atoms with van der Waals surface area (Å²) in [7, 11) is 0. The van der Waals surface area contributed by atoms with Crippen LogP contribution in [0.25, 0.3) is 0 Å². The lowest BCUT2D eigenvalue weighted by molar-refractivity contribution is 0.180. The normalized spacial score (nSPS) is 12.5. The van der Waals surface area contributed by atoms with Crippen LogP contribution in [0, 0.1) is 6.92 Å². The van der Waals surface area contributed by atoms with E-state index in [9.17, 15) is 5.11 Å². The van der Waals surface area contributed by atoms with Crippen molar-refractivity contribution in [1.82, 2.24) is 15.6 Å². The molecule has 6 heteroatoms. The van der Waals surface area contributed by atoms with E-state index in [1.165, 1.54) is 5.56 Å². The molecule has 0 radical (unpaired) electrons. The second-order valence-corrected chi connectivity index (χ2v) is 6.33. The van der Waals surface area contributed by atoms with Gasteiger partial charge in [-0.05, 0) is 49.6 Å². The first-order chi connectivity index (χ1) is 13.1. The summed E-state index contributed by atoms with van der Waals surface area (Å²) in [5.74, 6) is 1.54. The predicted octanol–water partition coefficient (Wildman–Crippen LogP) is 2.97. The number of nitrogens with zero attached hydrogens (tertiary/aromatic N) is 2. The fourth-order valence-electron chi connectivity index (χ4n) is 2.54. The SMILES string of the molecule is CCCOc1cc(C)ccc1CN=C(NCC)NCC(O)c1ccncc1. The van der Waals surface area contributed by atoms with Crippen LogP contribution in [0.15, 0.2) is 47.7 Å². The third-order valence-electron chi connectivity index (χ3n) is 3.99. The first-order valence-electron chi connectivity index (χ1n) is 9.46. The van der Waals surface area contributed by atoms with Crippen molar-refractivity contribution in [2.45, 2.75) is 39.8 Å². The van der Waals surface area contributed by atoms with Gasteiger partial charge in [0.05, 0.1) is 19.3 Å². The lowest BCUT2D eigenvalue weighted by Crippen LogP contribution is -2.39. The topological polar surface area (TPSA) is 78.8 Å². The Labute approximate surface area is 161 Å². The Morgan fingerprint density at radius 2 is 1.96 bits per heavy atom. The molecule has 6 nitrogen and oxygen atoms in total. The number of nitrogens with one attached hydrogen (secondary N) is 2. The number of hydrogen-bond donors (Lipinski definition) is 3. The molecule has 0 amide bonds. The number of aryl methyl sites for hydroxylation is 1. The van der Waals surface area contributed by atoms with Crippen molar-refractivity contribution in [2.24, 2.45) is 4.99 Å². The molecule has 0 aliphatic carbocycles. The van der Waals surface area contributed by atoms with Gasteiger partial charge < -0.3 is 20.5 Å². The van der Waals surface area contributed by atoms with Gasteiger partial charge in [0.25, 0.3) is 0 Å². The zero-order chi connectivity index (χ0) is 19.5. The molecule has 2 rings (SSSR count). The molecule has 2 aromatic rings. The van der Waals surface area contributed by atoms with E-state index in [0.717, 1.165) is 29.8 Å². The molecule has 0 aliphatic heterocycles. The van der Waals surface area contributed by atoms with Gasteiger partial charge >= 0.3 is 0 Å². The first kappa shape index (κ1) is 20.7. The number of aliphatic imine (C=N–C) groups is 1. The highest BCUT2D eigenvalue weighted by Crippen LogP contribution is 2.21. The molecular weight excluding hydrogens is 340 g/mol. The van der Waals surface area contributed by atoms with Gasteiger partial charge in [-0.1, -0.05) is 19.1 Å². The van der Waals surface area contributed by atoms with Gasteiger partial charge in [-0.2, -0.15) is 0 Å². The van der Waals surface area contributed by atoms with Crippen LogP contribution in [0.2, 0.25) is 0 Å². The number of pyridine rings is 1. The number of rotatable bonds is 9. The second-order valence-electron chi connectivity index (χ2n) is 6.33. The largest absolute Gasteiger partial charge is 0.493 e. The highest BCUT2D eigenvalue weighted by molar-refractivity contribution is 5.79. The molecule has 0 saturated carbocycles. The quantitative estimate of drug-likeness (QED) is 0.467. The maximum Gasteiger partial charge on any atom is 0.191 e. The molecule has 1 aromatic heterocycles. The summed E-state index contributed by atoms with van der Waals surface area (Å²) in [6, 6.07) is 9.78.